The first kappa shape index (κ1) is 55.9. The van der Waals surface area contributed by atoms with E-state index in [-0.39, 0.29) is 81.7 Å². The number of rotatable bonds is 22. The van der Waals surface area contributed by atoms with Gasteiger partial charge in [0.15, 0.2) is 23.0 Å². The Bertz CT molecular complexity index is 3190. The molecule has 422 valence electrons. The number of aliphatic imine (C=N–C) groups is 2. The first-order valence-electron chi connectivity index (χ1n) is 27.2. The molecule has 0 aliphatic carbocycles. The van der Waals surface area contributed by atoms with Gasteiger partial charge in [0.1, 0.15) is 13.2 Å². The van der Waals surface area contributed by atoms with Crippen molar-refractivity contribution >= 4 is 76.4 Å². The van der Waals surface area contributed by atoms with E-state index in [1.54, 1.807) is 58.5 Å². The highest BCUT2D eigenvalue weighted by atomic mass is 16.7. The number of nitrogens with zero attached hydrogens (tertiary/aromatic N) is 6. The SMILES string of the molecule is COc1cc2c(cc1OCc1cc(COc3cc4c(cc3OC)C(=O)N3c5ccccc5C[C@H]3C=N4)cc(N(CCCC(=O)ON3C(=O)CCC3=O)C(=O)CCC(C)(C)OCCC(C)(C)OC)c1)N=C[C@@H]1Cc3ccccc3N1C2=O. The molecule has 0 spiro atoms. The van der Waals surface area contributed by atoms with Gasteiger partial charge in [-0.1, -0.05) is 36.4 Å². The Labute approximate surface area is 470 Å². The summed E-state index contributed by atoms with van der Waals surface area (Å²) in [6.45, 7) is 8.13. The Morgan fingerprint density at radius 2 is 1.15 bits per heavy atom. The molecular weight excluding hydrogens is 1040 g/mol. The maximum Gasteiger partial charge on any atom is 0.333 e. The van der Waals surface area contributed by atoms with Crippen molar-refractivity contribution in [2.24, 2.45) is 9.98 Å². The van der Waals surface area contributed by atoms with E-state index in [4.69, 9.17) is 43.2 Å². The number of amides is 5. The number of carbonyl (C=O) groups is 6. The summed E-state index contributed by atoms with van der Waals surface area (Å²) in [7, 11) is 4.64. The molecule has 5 heterocycles. The van der Waals surface area contributed by atoms with Crippen molar-refractivity contribution in [1.82, 2.24) is 5.06 Å². The van der Waals surface area contributed by atoms with Gasteiger partial charge in [-0.3, -0.25) is 43.8 Å². The minimum Gasteiger partial charge on any atom is -0.493 e. The standard InChI is InChI=1S/C62H66N6O13/c1-61(2,77-7)22-24-80-62(3,4)21-20-55(69)65(23-12-17-58(72)81-68-56(70)18-19-57(68)71)42-26-38(36-78-53-32-47-45(30-51(53)75-5)59(73)66-43(34-63-47)28-40-13-8-10-15-49(40)66)25-39(27-42)37-79-54-33-48-46(31-52(54)76-6)60(74)67-44(35-64-48)29-41-14-9-11-16-50(41)67/h8-11,13-16,25-27,30-35,43-44H,12,17-24,28-29,36-37H2,1-7H3/t43-,44-/m0/s1. The molecule has 1 saturated heterocycles. The monoisotopic (exact) mass is 1100 g/mol. The predicted octanol–water partition coefficient (Wildman–Crippen LogP) is 9.55. The molecule has 5 aromatic rings. The molecule has 81 heavy (non-hydrogen) atoms. The molecule has 0 radical (unpaired) electrons. The number of para-hydroxylation sites is 2. The van der Waals surface area contributed by atoms with Gasteiger partial charge in [0.25, 0.3) is 23.6 Å². The summed E-state index contributed by atoms with van der Waals surface area (Å²) in [6.07, 6.45) is 5.65. The molecule has 0 N–H and O–H groups in total. The number of hydroxylamine groups is 2. The lowest BCUT2D eigenvalue weighted by Crippen LogP contribution is -2.37. The summed E-state index contributed by atoms with van der Waals surface area (Å²) in [5, 5.41) is 0.508. The van der Waals surface area contributed by atoms with Crippen LogP contribution in [0.3, 0.4) is 0 Å². The molecule has 5 aromatic carbocycles. The lowest BCUT2D eigenvalue weighted by molar-refractivity contribution is -0.197. The van der Waals surface area contributed by atoms with Crippen LogP contribution in [0.1, 0.15) is 116 Å². The summed E-state index contributed by atoms with van der Waals surface area (Å²) >= 11 is 0. The lowest BCUT2D eigenvalue weighted by atomic mass is 10.0. The fraction of sp³-hybridized carbons (Fsp3) is 0.387. The van der Waals surface area contributed by atoms with Gasteiger partial charge in [-0.15, -0.1) is 5.06 Å². The van der Waals surface area contributed by atoms with Crippen LogP contribution in [-0.4, -0.2) is 111 Å². The molecule has 19 heteroatoms. The molecule has 0 saturated carbocycles. The summed E-state index contributed by atoms with van der Waals surface area (Å²) in [6, 6.07) is 27.2. The van der Waals surface area contributed by atoms with Crippen molar-refractivity contribution in [2.75, 3.05) is 49.2 Å². The van der Waals surface area contributed by atoms with Gasteiger partial charge >= 0.3 is 5.97 Å². The zero-order valence-corrected chi connectivity index (χ0v) is 46.7. The molecule has 0 unspecified atom stereocenters. The van der Waals surface area contributed by atoms with Crippen molar-refractivity contribution < 1.29 is 62.0 Å². The van der Waals surface area contributed by atoms with Gasteiger partial charge < -0.3 is 38.2 Å². The van der Waals surface area contributed by atoms with Crippen LogP contribution < -0.4 is 33.6 Å². The average molecular weight is 1100 g/mol. The van der Waals surface area contributed by atoms with E-state index in [0.717, 1.165) is 22.5 Å². The predicted molar refractivity (Wildman–Crippen MR) is 303 cm³/mol. The number of hydrogen-bond acceptors (Lipinski definition) is 15. The lowest BCUT2D eigenvalue weighted by Gasteiger charge is -2.30. The van der Waals surface area contributed by atoms with E-state index in [0.29, 0.717) is 99.7 Å². The largest absolute Gasteiger partial charge is 0.493 e. The maximum absolute atomic E-state index is 14.8. The van der Waals surface area contributed by atoms with Crippen LogP contribution in [0.5, 0.6) is 23.0 Å². The molecule has 5 aliphatic heterocycles. The third-order valence-electron chi connectivity index (χ3n) is 15.3. The number of carbonyl (C=O) groups excluding carboxylic acids is 6. The number of fused-ring (bicyclic) bond motifs is 8. The van der Waals surface area contributed by atoms with Gasteiger partial charge in [-0.25, -0.2) is 4.79 Å². The van der Waals surface area contributed by atoms with Gasteiger partial charge in [0.05, 0.1) is 66.6 Å². The zero-order valence-electron chi connectivity index (χ0n) is 46.7. The van der Waals surface area contributed by atoms with Crippen LogP contribution >= 0.6 is 0 Å². The van der Waals surface area contributed by atoms with E-state index in [9.17, 15) is 28.8 Å². The Balaban J connectivity index is 0.957. The summed E-state index contributed by atoms with van der Waals surface area (Å²) < 4.78 is 36.7. The van der Waals surface area contributed by atoms with Crippen molar-refractivity contribution in [2.45, 2.75) is 122 Å². The first-order chi connectivity index (χ1) is 38.9. The van der Waals surface area contributed by atoms with E-state index < -0.39 is 29.0 Å². The van der Waals surface area contributed by atoms with Crippen LogP contribution in [0.2, 0.25) is 0 Å². The third-order valence-corrected chi connectivity index (χ3v) is 15.3. The molecule has 0 aromatic heterocycles. The number of imide groups is 1. The Kier molecular flexibility index (Phi) is 16.1. The van der Waals surface area contributed by atoms with E-state index in [2.05, 4.69) is 0 Å². The van der Waals surface area contributed by atoms with Crippen molar-refractivity contribution in [1.29, 1.82) is 0 Å². The maximum atomic E-state index is 14.8. The van der Waals surface area contributed by atoms with Gasteiger partial charge in [-0.2, -0.15) is 0 Å². The van der Waals surface area contributed by atoms with Gasteiger partial charge in [0.2, 0.25) is 5.91 Å². The zero-order chi connectivity index (χ0) is 57.2. The van der Waals surface area contributed by atoms with Crippen molar-refractivity contribution in [3.8, 4) is 23.0 Å². The number of ether oxygens (including phenoxy) is 6. The highest BCUT2D eigenvalue weighted by molar-refractivity contribution is 6.16. The summed E-state index contributed by atoms with van der Waals surface area (Å²) in [5.41, 5.74) is 5.90. The number of methoxy groups -OCH3 is 3. The molecule has 10 rings (SSSR count). The topological polar surface area (TPSA) is 205 Å². The van der Waals surface area contributed by atoms with E-state index in [1.165, 1.54) is 14.2 Å². The number of benzene rings is 5. The number of anilines is 3. The van der Waals surface area contributed by atoms with Gasteiger partial charge in [-0.05, 0) is 112 Å². The second kappa shape index (κ2) is 23.3. The van der Waals surface area contributed by atoms with Crippen LogP contribution in [0.15, 0.2) is 101 Å². The van der Waals surface area contributed by atoms with E-state index in [1.807, 2.05) is 94.4 Å². The van der Waals surface area contributed by atoms with Crippen molar-refractivity contribution in [3.05, 3.63) is 124 Å². The Morgan fingerprint density at radius 1 is 0.630 bits per heavy atom. The van der Waals surface area contributed by atoms with Crippen LogP contribution in [-0.2, 0) is 59.5 Å². The van der Waals surface area contributed by atoms with Gasteiger partial charge in [0, 0.05) is 93.8 Å². The second-order valence-corrected chi connectivity index (χ2v) is 21.8. The molecular formula is C62H66N6O13. The average Bonchev–Trinajstić information content (AvgIpc) is 4.31. The fourth-order valence-electron chi connectivity index (χ4n) is 10.6. The smallest absolute Gasteiger partial charge is 0.333 e. The number of hydrogen-bond donors (Lipinski definition) is 0. The van der Waals surface area contributed by atoms with Crippen LogP contribution in [0.4, 0.5) is 28.4 Å². The molecule has 5 amide bonds. The Morgan fingerprint density at radius 3 is 1.65 bits per heavy atom. The van der Waals surface area contributed by atoms with Crippen LogP contribution in [0, 0.1) is 0 Å². The minimum atomic E-state index is -0.798. The highest BCUT2D eigenvalue weighted by Gasteiger charge is 2.39. The van der Waals surface area contributed by atoms with E-state index >= 15 is 0 Å². The third kappa shape index (κ3) is 12.1. The molecule has 5 aliphatic rings. The molecule has 1 fully saturated rings. The second-order valence-electron chi connectivity index (χ2n) is 21.8. The first-order valence-corrected chi connectivity index (χ1v) is 27.2. The quantitative estimate of drug-likeness (QED) is 0.0593. The van der Waals surface area contributed by atoms with Crippen LogP contribution in [0.25, 0.3) is 0 Å². The molecule has 2 atom stereocenters. The molecule has 0 bridgehead atoms. The summed E-state index contributed by atoms with van der Waals surface area (Å²) in [4.78, 5) is 101. The normalized spacial score (nSPS) is 17.0. The van der Waals surface area contributed by atoms with Crippen molar-refractivity contribution in [3.63, 3.8) is 0 Å². The minimum absolute atomic E-state index is 0.0318. The molecule has 19 nitrogen and oxygen atoms in total. The fourth-order valence-corrected chi connectivity index (χ4v) is 10.6. The Hall–Kier alpha value is -8.42. The highest BCUT2D eigenvalue weighted by Crippen LogP contribution is 2.43. The summed E-state index contributed by atoms with van der Waals surface area (Å²) in [5.74, 6) is -1.44.